The minimum absolute atomic E-state index is 0.0149. The Morgan fingerprint density at radius 2 is 1.69 bits per heavy atom. The average Bonchev–Trinajstić information content (AvgIpc) is 3.40. The van der Waals surface area contributed by atoms with Gasteiger partial charge in [0.05, 0.1) is 33.3 Å². The maximum atomic E-state index is 13.3. The normalized spacial score (nSPS) is 26.9. The number of ether oxygens (including phenoxy) is 6. The Labute approximate surface area is 245 Å². The van der Waals surface area contributed by atoms with Gasteiger partial charge in [-0.05, 0) is 73.1 Å². The van der Waals surface area contributed by atoms with Crippen molar-refractivity contribution in [3.63, 3.8) is 0 Å². The van der Waals surface area contributed by atoms with Crippen molar-refractivity contribution in [3.8, 4) is 17.2 Å². The van der Waals surface area contributed by atoms with E-state index in [2.05, 4.69) is 16.0 Å². The summed E-state index contributed by atoms with van der Waals surface area (Å²) in [6, 6.07) is 13.3. The Kier molecular flexibility index (Phi) is 8.00. The van der Waals surface area contributed by atoms with E-state index in [1.165, 1.54) is 23.8 Å². The molecule has 2 aromatic carbocycles. The van der Waals surface area contributed by atoms with Crippen molar-refractivity contribution >= 4 is 22.8 Å². The Hall–Kier alpha value is -3.76. The van der Waals surface area contributed by atoms with Crippen molar-refractivity contribution in [3.05, 3.63) is 53.7 Å². The summed E-state index contributed by atoms with van der Waals surface area (Å²) in [5, 5.41) is 1.22. The lowest BCUT2D eigenvalue weighted by Crippen LogP contribution is -2.58. The van der Waals surface area contributed by atoms with E-state index in [1.54, 1.807) is 45.6 Å². The van der Waals surface area contributed by atoms with Gasteiger partial charge in [-0.25, -0.2) is 4.79 Å². The standard InChI is InChI=1S/C32H38N2O8/c1-37-19-5-7-20(8-6-19)41-17-28(35)42-27-13-18-16-34-12-11-23-22-10-9-21(38-2)14-25(22)33-30(23)26(34)15-24(18)29(31(27)39-3)32(36)40-4/h5-10,14,18,24,26-27,29,31,33H,11-13,15-17H2,1-4H3/t18-,24+,26+,27+,29+,31+/m0/s1. The molecule has 1 aliphatic carbocycles. The average molecular weight is 579 g/mol. The summed E-state index contributed by atoms with van der Waals surface area (Å²) >= 11 is 0. The maximum absolute atomic E-state index is 13.3. The topological polar surface area (TPSA) is 109 Å². The largest absolute Gasteiger partial charge is 0.497 e. The molecule has 1 aromatic heterocycles. The van der Waals surface area contributed by atoms with Gasteiger partial charge in [-0.15, -0.1) is 0 Å². The second-order valence-corrected chi connectivity index (χ2v) is 11.3. The second kappa shape index (κ2) is 11.9. The number of methoxy groups -OCH3 is 4. The minimum Gasteiger partial charge on any atom is -0.497 e. The zero-order chi connectivity index (χ0) is 29.4. The van der Waals surface area contributed by atoms with E-state index in [9.17, 15) is 9.59 Å². The van der Waals surface area contributed by atoms with Crippen molar-refractivity contribution in [2.75, 3.05) is 48.1 Å². The zero-order valence-electron chi connectivity index (χ0n) is 24.5. The van der Waals surface area contributed by atoms with E-state index in [-0.39, 0.29) is 30.5 Å². The Balaban J connectivity index is 1.21. The molecule has 0 amide bonds. The molecule has 1 N–H and O–H groups in total. The third-order valence-electron chi connectivity index (χ3n) is 9.30. The molecule has 3 heterocycles. The predicted octanol–water partition coefficient (Wildman–Crippen LogP) is 3.92. The van der Waals surface area contributed by atoms with Crippen LogP contribution in [0.3, 0.4) is 0 Å². The Bertz CT molecular complexity index is 1440. The molecular weight excluding hydrogens is 540 g/mol. The van der Waals surface area contributed by atoms with Crippen LogP contribution in [0.2, 0.25) is 0 Å². The molecule has 0 radical (unpaired) electrons. The smallest absolute Gasteiger partial charge is 0.344 e. The van der Waals surface area contributed by atoms with Gasteiger partial charge in [0, 0.05) is 42.9 Å². The lowest BCUT2D eigenvalue weighted by Gasteiger charge is -2.52. The number of piperidine rings is 1. The second-order valence-electron chi connectivity index (χ2n) is 11.3. The summed E-state index contributed by atoms with van der Waals surface area (Å²) in [7, 11) is 6.23. The monoisotopic (exact) mass is 578 g/mol. The molecule has 10 heteroatoms. The van der Waals surface area contributed by atoms with Gasteiger partial charge in [-0.3, -0.25) is 9.69 Å². The highest BCUT2D eigenvalue weighted by Crippen LogP contribution is 2.50. The van der Waals surface area contributed by atoms with Crippen LogP contribution in [0.4, 0.5) is 0 Å². The third kappa shape index (κ3) is 5.18. The van der Waals surface area contributed by atoms with Crippen molar-refractivity contribution in [1.82, 2.24) is 9.88 Å². The number of nitrogens with zero attached hydrogens (tertiary/aromatic N) is 1. The first kappa shape index (κ1) is 28.4. The fourth-order valence-corrected chi connectivity index (χ4v) is 7.37. The number of hydrogen-bond donors (Lipinski definition) is 1. The number of aromatic amines is 1. The van der Waals surface area contributed by atoms with Crippen LogP contribution < -0.4 is 14.2 Å². The zero-order valence-corrected chi connectivity index (χ0v) is 24.5. The number of hydrogen-bond acceptors (Lipinski definition) is 9. The van der Waals surface area contributed by atoms with Crippen LogP contribution in [0.5, 0.6) is 17.2 Å². The molecule has 0 unspecified atom stereocenters. The van der Waals surface area contributed by atoms with E-state index in [1.807, 2.05) is 12.1 Å². The number of nitrogens with one attached hydrogen (secondary N) is 1. The van der Waals surface area contributed by atoms with E-state index < -0.39 is 24.1 Å². The predicted molar refractivity (Wildman–Crippen MR) is 154 cm³/mol. The van der Waals surface area contributed by atoms with Crippen molar-refractivity contribution < 1.29 is 38.0 Å². The lowest BCUT2D eigenvalue weighted by atomic mass is 9.64. The van der Waals surface area contributed by atoms with Crippen molar-refractivity contribution in [2.45, 2.75) is 37.5 Å². The molecule has 1 saturated heterocycles. The van der Waals surface area contributed by atoms with Gasteiger partial charge in [0.1, 0.15) is 29.5 Å². The number of benzene rings is 2. The first-order chi connectivity index (χ1) is 20.4. The van der Waals surface area contributed by atoms with E-state index in [4.69, 9.17) is 28.4 Å². The molecule has 1 saturated carbocycles. The number of aromatic nitrogens is 1. The molecule has 6 atom stereocenters. The van der Waals surface area contributed by atoms with Gasteiger partial charge in [-0.1, -0.05) is 0 Å². The highest BCUT2D eigenvalue weighted by Gasteiger charge is 2.54. The first-order valence-electron chi connectivity index (χ1n) is 14.4. The molecule has 42 heavy (non-hydrogen) atoms. The highest BCUT2D eigenvalue weighted by atomic mass is 16.6. The molecule has 2 aliphatic heterocycles. The number of fused-ring (bicyclic) bond motifs is 6. The van der Waals surface area contributed by atoms with Crippen LogP contribution in [-0.4, -0.2) is 82.2 Å². The van der Waals surface area contributed by atoms with Gasteiger partial charge < -0.3 is 33.4 Å². The molecular formula is C32H38N2O8. The number of H-pyrrole nitrogens is 1. The molecule has 10 nitrogen and oxygen atoms in total. The van der Waals surface area contributed by atoms with Crippen LogP contribution in [0.1, 0.15) is 30.1 Å². The minimum atomic E-state index is -0.620. The van der Waals surface area contributed by atoms with Gasteiger partial charge in [0.15, 0.2) is 6.61 Å². The van der Waals surface area contributed by atoms with E-state index >= 15 is 0 Å². The van der Waals surface area contributed by atoms with Crippen LogP contribution >= 0.6 is 0 Å². The summed E-state index contributed by atoms with van der Waals surface area (Å²) in [5.74, 6) is 0.800. The summed E-state index contributed by atoms with van der Waals surface area (Å²) < 4.78 is 33.4. The number of carbonyl (C=O) groups excluding carboxylic acids is 2. The van der Waals surface area contributed by atoms with Gasteiger partial charge in [-0.2, -0.15) is 0 Å². The summed E-state index contributed by atoms with van der Waals surface area (Å²) in [5.41, 5.74) is 3.62. The maximum Gasteiger partial charge on any atom is 0.344 e. The molecule has 0 spiro atoms. The van der Waals surface area contributed by atoms with Crippen LogP contribution in [0.25, 0.3) is 10.9 Å². The van der Waals surface area contributed by atoms with Crippen LogP contribution in [-0.2, 0) is 30.2 Å². The SMILES string of the molecule is COC(=O)[C@@H]1[C@@H]2C[C@@H]3c4[nH]c5cc(OC)ccc5c4CCN3C[C@@H]2C[C@@H](OC(=O)COc2ccc(OC)cc2)[C@H]1OC. The summed E-state index contributed by atoms with van der Waals surface area (Å²) in [6.07, 6.45) is 1.11. The summed E-state index contributed by atoms with van der Waals surface area (Å²) in [6.45, 7) is 1.48. The van der Waals surface area contributed by atoms with Crippen LogP contribution in [0.15, 0.2) is 42.5 Å². The highest BCUT2D eigenvalue weighted by molar-refractivity contribution is 5.86. The Morgan fingerprint density at radius 1 is 0.952 bits per heavy atom. The third-order valence-corrected chi connectivity index (χ3v) is 9.30. The van der Waals surface area contributed by atoms with Crippen LogP contribution in [0, 0.1) is 17.8 Å². The van der Waals surface area contributed by atoms with E-state index in [0.717, 1.165) is 37.2 Å². The molecule has 2 fully saturated rings. The number of esters is 2. The molecule has 224 valence electrons. The van der Waals surface area contributed by atoms with Crippen molar-refractivity contribution in [1.29, 1.82) is 0 Å². The van der Waals surface area contributed by atoms with Gasteiger partial charge in [0.25, 0.3) is 0 Å². The molecule has 0 bridgehead atoms. The molecule has 6 rings (SSSR count). The van der Waals surface area contributed by atoms with E-state index in [0.29, 0.717) is 17.9 Å². The number of carbonyl (C=O) groups is 2. The first-order valence-corrected chi connectivity index (χ1v) is 14.4. The number of rotatable bonds is 8. The van der Waals surface area contributed by atoms with Crippen molar-refractivity contribution in [2.24, 2.45) is 17.8 Å². The fourth-order valence-electron chi connectivity index (χ4n) is 7.37. The fraction of sp³-hybridized carbons (Fsp3) is 0.500. The van der Waals surface area contributed by atoms with Gasteiger partial charge in [0.2, 0.25) is 0 Å². The quantitative estimate of drug-likeness (QED) is 0.398. The molecule has 3 aromatic rings. The lowest BCUT2D eigenvalue weighted by molar-refractivity contribution is -0.190. The Morgan fingerprint density at radius 3 is 2.40 bits per heavy atom. The van der Waals surface area contributed by atoms with Gasteiger partial charge >= 0.3 is 11.9 Å². The molecule has 3 aliphatic rings. The summed E-state index contributed by atoms with van der Waals surface area (Å²) in [4.78, 5) is 32.4.